The summed E-state index contributed by atoms with van der Waals surface area (Å²) in [5.74, 6) is 5.51. The van der Waals surface area contributed by atoms with Gasteiger partial charge in [0.15, 0.2) is 11.5 Å². The van der Waals surface area contributed by atoms with Gasteiger partial charge in [0.05, 0.1) is 18.7 Å². The molecule has 0 aliphatic carbocycles. The molecule has 0 bridgehead atoms. The van der Waals surface area contributed by atoms with E-state index >= 15 is 0 Å². The maximum absolute atomic E-state index is 12.7. The minimum atomic E-state index is -0.277. The lowest BCUT2D eigenvalue weighted by molar-refractivity contribution is 0.0984. The molecule has 1 aliphatic heterocycles. The van der Waals surface area contributed by atoms with Crippen LogP contribution in [0.4, 0.5) is 5.88 Å². The Morgan fingerprint density at radius 1 is 1.17 bits per heavy atom. The van der Waals surface area contributed by atoms with Crippen molar-refractivity contribution in [2.24, 2.45) is 0 Å². The van der Waals surface area contributed by atoms with Gasteiger partial charge in [-0.15, -0.1) is 11.3 Å². The number of carbonyl (C=O) groups is 1. The molecule has 6 nitrogen and oxygen atoms in total. The quantitative estimate of drug-likeness (QED) is 0.461. The average molecular weight is 418 g/mol. The van der Waals surface area contributed by atoms with Crippen LogP contribution in [0.25, 0.3) is 32.3 Å². The predicted molar refractivity (Wildman–Crippen MR) is 118 cm³/mol. The number of benzene rings is 1. The fraction of sp³-hybridized carbons (Fsp3) is 0.217. The van der Waals surface area contributed by atoms with Crippen LogP contribution in [0.3, 0.4) is 0 Å². The highest BCUT2D eigenvalue weighted by atomic mass is 32.1. The summed E-state index contributed by atoms with van der Waals surface area (Å²) in [5.41, 5.74) is 3.02. The third-order valence-electron chi connectivity index (χ3n) is 5.21. The van der Waals surface area contributed by atoms with Crippen molar-refractivity contribution in [2.75, 3.05) is 31.2 Å². The van der Waals surface area contributed by atoms with E-state index in [1.807, 2.05) is 34.5 Å². The molecule has 1 saturated heterocycles. The Balaban J connectivity index is 1.65. The molecule has 0 atom stereocenters. The molecule has 30 heavy (non-hydrogen) atoms. The van der Waals surface area contributed by atoms with Gasteiger partial charge >= 0.3 is 5.91 Å². The SMILES string of the molecule is CC#CC(=O)n1ccc2ccc(-c3csc4c(=O)cc(N5CCOCC5)oc34)cc21. The first-order valence-corrected chi connectivity index (χ1v) is 10.5. The van der Waals surface area contributed by atoms with E-state index in [1.54, 1.807) is 23.8 Å². The van der Waals surface area contributed by atoms with Crippen LogP contribution in [0, 0.1) is 11.8 Å². The molecule has 1 fully saturated rings. The van der Waals surface area contributed by atoms with Crippen LogP contribution in [-0.2, 0) is 4.74 Å². The van der Waals surface area contributed by atoms with Crippen molar-refractivity contribution in [1.29, 1.82) is 0 Å². The second-order valence-electron chi connectivity index (χ2n) is 7.00. The van der Waals surface area contributed by atoms with Gasteiger partial charge in [0.1, 0.15) is 4.70 Å². The van der Waals surface area contributed by atoms with Crippen molar-refractivity contribution in [2.45, 2.75) is 6.92 Å². The van der Waals surface area contributed by atoms with Crippen LogP contribution in [0.1, 0.15) is 11.7 Å². The van der Waals surface area contributed by atoms with E-state index in [0.717, 1.165) is 22.0 Å². The molecule has 0 saturated carbocycles. The Kier molecular flexibility index (Phi) is 4.66. The third-order valence-corrected chi connectivity index (χ3v) is 6.18. The number of anilines is 1. The van der Waals surface area contributed by atoms with Gasteiger partial charge < -0.3 is 14.1 Å². The lowest BCUT2D eigenvalue weighted by Crippen LogP contribution is -2.36. The third kappa shape index (κ3) is 3.11. The average Bonchev–Trinajstić information content (AvgIpc) is 3.38. The zero-order valence-electron chi connectivity index (χ0n) is 16.3. The Labute approximate surface area is 176 Å². The number of thiophene rings is 1. The molecular weight excluding hydrogens is 400 g/mol. The highest BCUT2D eigenvalue weighted by Crippen LogP contribution is 2.36. The standard InChI is InChI=1S/C23H18N2O4S/c1-2-3-20(27)25-7-6-15-4-5-16(12-18(15)25)17-14-30-23-19(26)13-21(29-22(17)23)24-8-10-28-11-9-24/h4-7,12-14H,8-11H2,1H3. The van der Waals surface area contributed by atoms with Gasteiger partial charge in [0.25, 0.3) is 0 Å². The Morgan fingerprint density at radius 3 is 2.80 bits per heavy atom. The van der Waals surface area contributed by atoms with Crippen LogP contribution in [0.2, 0.25) is 0 Å². The summed E-state index contributed by atoms with van der Waals surface area (Å²) in [4.78, 5) is 27.0. The molecule has 0 radical (unpaired) electrons. The fourth-order valence-electron chi connectivity index (χ4n) is 3.71. The highest BCUT2D eigenvalue weighted by molar-refractivity contribution is 7.17. The van der Waals surface area contributed by atoms with Crippen molar-refractivity contribution in [3.63, 3.8) is 0 Å². The lowest BCUT2D eigenvalue weighted by Gasteiger charge is -2.27. The molecule has 1 aromatic carbocycles. The molecule has 5 rings (SSSR count). The zero-order valence-corrected chi connectivity index (χ0v) is 17.1. The second-order valence-corrected chi connectivity index (χ2v) is 7.88. The lowest BCUT2D eigenvalue weighted by atomic mass is 10.1. The minimum absolute atomic E-state index is 0.0492. The van der Waals surface area contributed by atoms with Crippen LogP contribution in [0.5, 0.6) is 0 Å². The molecular formula is C23H18N2O4S. The van der Waals surface area contributed by atoms with Gasteiger partial charge in [-0.3, -0.25) is 14.2 Å². The smallest absolute Gasteiger partial charge is 0.306 e. The number of carbonyl (C=O) groups excluding carboxylic acids is 1. The van der Waals surface area contributed by atoms with Gasteiger partial charge in [0.2, 0.25) is 5.43 Å². The monoisotopic (exact) mass is 418 g/mol. The van der Waals surface area contributed by atoms with Gasteiger partial charge in [0, 0.05) is 41.7 Å². The number of nitrogens with zero attached hydrogens (tertiary/aromatic N) is 2. The van der Waals surface area contributed by atoms with E-state index in [0.29, 0.717) is 42.5 Å². The number of rotatable bonds is 2. The van der Waals surface area contributed by atoms with E-state index in [1.165, 1.54) is 11.3 Å². The largest absolute Gasteiger partial charge is 0.439 e. The first kappa shape index (κ1) is 18.7. The number of hydrogen-bond acceptors (Lipinski definition) is 6. The zero-order chi connectivity index (χ0) is 20.7. The van der Waals surface area contributed by atoms with Crippen LogP contribution >= 0.6 is 11.3 Å². The van der Waals surface area contributed by atoms with E-state index in [-0.39, 0.29) is 11.3 Å². The number of ether oxygens (including phenoxy) is 1. The molecule has 1 aliphatic rings. The first-order chi connectivity index (χ1) is 14.7. The van der Waals surface area contributed by atoms with Gasteiger partial charge in [-0.1, -0.05) is 18.1 Å². The van der Waals surface area contributed by atoms with Crippen molar-refractivity contribution in [3.8, 4) is 23.0 Å². The number of aromatic nitrogens is 1. The summed E-state index contributed by atoms with van der Waals surface area (Å²) in [7, 11) is 0. The minimum Gasteiger partial charge on any atom is -0.439 e. The summed E-state index contributed by atoms with van der Waals surface area (Å²) in [6, 6.07) is 9.32. The van der Waals surface area contributed by atoms with Crippen molar-refractivity contribution in [3.05, 3.63) is 52.1 Å². The second kappa shape index (κ2) is 7.48. The first-order valence-electron chi connectivity index (χ1n) is 9.62. The van der Waals surface area contributed by atoms with Crippen LogP contribution < -0.4 is 10.3 Å². The Bertz CT molecular complexity index is 1390. The predicted octanol–water partition coefficient (Wildman–Crippen LogP) is 3.98. The van der Waals surface area contributed by atoms with E-state index < -0.39 is 0 Å². The van der Waals surface area contributed by atoms with Gasteiger partial charge in [-0.2, -0.15) is 0 Å². The molecule has 4 aromatic rings. The maximum atomic E-state index is 12.7. The topological polar surface area (TPSA) is 64.7 Å². The summed E-state index contributed by atoms with van der Waals surface area (Å²) in [6.07, 6.45) is 1.73. The normalized spacial score (nSPS) is 14.1. The molecule has 0 N–H and O–H groups in total. The Morgan fingerprint density at radius 2 is 2.00 bits per heavy atom. The molecule has 3 aromatic heterocycles. The summed E-state index contributed by atoms with van der Waals surface area (Å²) < 4.78 is 13.7. The number of fused-ring (bicyclic) bond motifs is 2. The molecule has 7 heteroatoms. The van der Waals surface area contributed by atoms with Crippen molar-refractivity contribution in [1.82, 2.24) is 4.57 Å². The Hall–Kier alpha value is -3.34. The maximum Gasteiger partial charge on any atom is 0.306 e. The molecule has 4 heterocycles. The fourth-order valence-corrected chi connectivity index (χ4v) is 4.62. The molecule has 0 amide bonds. The summed E-state index contributed by atoms with van der Waals surface area (Å²) >= 11 is 1.37. The van der Waals surface area contributed by atoms with Gasteiger partial charge in [-0.05, 0) is 30.5 Å². The molecule has 150 valence electrons. The van der Waals surface area contributed by atoms with E-state index in [9.17, 15) is 9.59 Å². The number of hydrogen-bond donors (Lipinski definition) is 0. The van der Waals surface area contributed by atoms with Crippen LogP contribution in [-0.4, -0.2) is 36.8 Å². The van der Waals surface area contributed by atoms with Crippen molar-refractivity contribution >= 4 is 44.3 Å². The van der Waals surface area contributed by atoms with E-state index in [2.05, 4.69) is 11.8 Å². The van der Waals surface area contributed by atoms with Crippen LogP contribution in [0.15, 0.2) is 51.1 Å². The highest BCUT2D eigenvalue weighted by Gasteiger charge is 2.19. The number of morpholine rings is 1. The molecule has 0 unspecified atom stereocenters. The van der Waals surface area contributed by atoms with Gasteiger partial charge in [-0.25, -0.2) is 0 Å². The van der Waals surface area contributed by atoms with Crippen molar-refractivity contribution < 1.29 is 13.9 Å². The van der Waals surface area contributed by atoms with E-state index in [4.69, 9.17) is 9.15 Å². The molecule has 0 spiro atoms. The summed E-state index contributed by atoms with van der Waals surface area (Å²) in [6.45, 7) is 4.24. The summed E-state index contributed by atoms with van der Waals surface area (Å²) in [5, 5.41) is 2.88.